The molecule has 2 N–H and O–H groups in total. The minimum atomic E-state index is 0.256. The molecule has 1 atom stereocenters. The number of allylic oxidation sites excluding steroid dienone is 2. The summed E-state index contributed by atoms with van der Waals surface area (Å²) in [6, 6.07) is 0.256. The molecule has 0 saturated carbocycles. The van der Waals surface area contributed by atoms with Gasteiger partial charge in [-0.2, -0.15) is 0 Å². The molecule has 1 unspecified atom stereocenters. The molecular weight excluding hydrogens is 206 g/mol. The van der Waals surface area contributed by atoms with E-state index in [0.717, 1.165) is 6.42 Å². The maximum Gasteiger partial charge on any atom is 0.0291 e. The van der Waals surface area contributed by atoms with Gasteiger partial charge in [-0.3, -0.25) is 0 Å². The molecule has 17 heavy (non-hydrogen) atoms. The Morgan fingerprint density at radius 1 is 1.12 bits per heavy atom. The van der Waals surface area contributed by atoms with Crippen LogP contribution in [0.4, 0.5) is 0 Å². The lowest BCUT2D eigenvalue weighted by Gasteiger charge is -2.17. The highest BCUT2D eigenvalue weighted by Gasteiger charge is 2.09. The SMILES string of the molecule is CC.CC.CC.CCC(N)C1=C(C)CCC=C1. The lowest BCUT2D eigenvalue weighted by Crippen LogP contribution is -2.22. The second-order valence-corrected chi connectivity index (χ2v) is 3.19. The van der Waals surface area contributed by atoms with Crippen LogP contribution < -0.4 is 5.73 Å². The molecule has 0 amide bonds. The Bertz CT molecular complexity index is 190. The lowest BCUT2D eigenvalue weighted by molar-refractivity contribution is 0.731. The highest BCUT2D eigenvalue weighted by Crippen LogP contribution is 2.21. The van der Waals surface area contributed by atoms with Gasteiger partial charge in [0, 0.05) is 6.04 Å². The topological polar surface area (TPSA) is 26.0 Å². The van der Waals surface area contributed by atoms with E-state index in [0.29, 0.717) is 0 Å². The largest absolute Gasteiger partial charge is 0.324 e. The van der Waals surface area contributed by atoms with Crippen molar-refractivity contribution in [3.63, 3.8) is 0 Å². The highest BCUT2D eigenvalue weighted by molar-refractivity contribution is 5.32. The van der Waals surface area contributed by atoms with Crippen molar-refractivity contribution in [2.24, 2.45) is 5.73 Å². The van der Waals surface area contributed by atoms with Crippen LogP contribution in [-0.2, 0) is 0 Å². The van der Waals surface area contributed by atoms with Crippen molar-refractivity contribution in [2.75, 3.05) is 0 Å². The van der Waals surface area contributed by atoms with Crippen molar-refractivity contribution in [1.29, 1.82) is 0 Å². The van der Waals surface area contributed by atoms with Crippen molar-refractivity contribution >= 4 is 0 Å². The Morgan fingerprint density at radius 2 is 1.59 bits per heavy atom. The Morgan fingerprint density at radius 3 is 1.94 bits per heavy atom. The lowest BCUT2D eigenvalue weighted by atomic mass is 9.93. The van der Waals surface area contributed by atoms with Crippen molar-refractivity contribution < 1.29 is 0 Å². The monoisotopic (exact) mass is 241 g/mol. The molecule has 1 heteroatoms. The van der Waals surface area contributed by atoms with E-state index in [2.05, 4.69) is 26.0 Å². The third-order valence-electron chi connectivity index (χ3n) is 2.32. The van der Waals surface area contributed by atoms with Gasteiger partial charge in [0.05, 0.1) is 0 Å². The zero-order chi connectivity index (χ0) is 14.3. The molecule has 1 nitrogen and oxygen atoms in total. The minimum absolute atomic E-state index is 0.256. The summed E-state index contributed by atoms with van der Waals surface area (Å²) < 4.78 is 0. The van der Waals surface area contributed by atoms with Gasteiger partial charge in [-0.05, 0) is 31.8 Å². The van der Waals surface area contributed by atoms with Gasteiger partial charge < -0.3 is 5.73 Å². The van der Waals surface area contributed by atoms with Gasteiger partial charge in [-0.15, -0.1) is 0 Å². The van der Waals surface area contributed by atoms with Crippen molar-refractivity contribution in [3.05, 3.63) is 23.3 Å². The van der Waals surface area contributed by atoms with Crippen LogP contribution in [-0.4, -0.2) is 6.04 Å². The third-order valence-corrected chi connectivity index (χ3v) is 2.32. The molecule has 0 spiro atoms. The summed E-state index contributed by atoms with van der Waals surface area (Å²) in [6.45, 7) is 16.3. The van der Waals surface area contributed by atoms with Gasteiger partial charge in [0.1, 0.15) is 0 Å². The summed E-state index contributed by atoms with van der Waals surface area (Å²) in [7, 11) is 0. The first-order valence-electron chi connectivity index (χ1n) is 7.37. The average molecular weight is 241 g/mol. The molecule has 1 aliphatic rings. The Hall–Kier alpha value is -0.560. The summed E-state index contributed by atoms with van der Waals surface area (Å²) in [5, 5.41) is 0. The second kappa shape index (κ2) is 17.8. The summed E-state index contributed by atoms with van der Waals surface area (Å²) in [5.74, 6) is 0. The van der Waals surface area contributed by atoms with Crippen molar-refractivity contribution in [3.8, 4) is 0 Å². The summed E-state index contributed by atoms with van der Waals surface area (Å²) >= 11 is 0. The zero-order valence-corrected chi connectivity index (χ0v) is 13.4. The van der Waals surface area contributed by atoms with E-state index in [1.807, 2.05) is 41.5 Å². The fourth-order valence-electron chi connectivity index (χ4n) is 1.46. The second-order valence-electron chi connectivity index (χ2n) is 3.19. The van der Waals surface area contributed by atoms with Gasteiger partial charge in [-0.1, -0.05) is 66.2 Å². The molecule has 0 fully saturated rings. The molecule has 0 saturated heterocycles. The Kier molecular flexibility index (Phi) is 22.7. The van der Waals surface area contributed by atoms with Gasteiger partial charge >= 0.3 is 0 Å². The van der Waals surface area contributed by atoms with Gasteiger partial charge in [-0.25, -0.2) is 0 Å². The average Bonchev–Trinajstić information content (AvgIpc) is 2.45. The van der Waals surface area contributed by atoms with Crippen LogP contribution in [0.15, 0.2) is 23.3 Å². The van der Waals surface area contributed by atoms with Crippen molar-refractivity contribution in [1.82, 2.24) is 0 Å². The van der Waals surface area contributed by atoms with Crippen molar-refractivity contribution in [2.45, 2.75) is 80.7 Å². The van der Waals surface area contributed by atoms with Crippen LogP contribution in [0.2, 0.25) is 0 Å². The molecule has 0 aromatic carbocycles. The van der Waals surface area contributed by atoms with E-state index in [4.69, 9.17) is 5.73 Å². The van der Waals surface area contributed by atoms with E-state index in [-0.39, 0.29) is 6.04 Å². The Balaban J connectivity index is -0.000000285. The predicted octanol–water partition coefficient (Wildman–Crippen LogP) is 5.47. The first-order valence-corrected chi connectivity index (χ1v) is 7.37. The summed E-state index contributed by atoms with van der Waals surface area (Å²) in [5.41, 5.74) is 8.76. The molecular formula is C16H35N. The normalized spacial score (nSPS) is 14.4. The van der Waals surface area contributed by atoms with Crippen LogP contribution in [0, 0.1) is 0 Å². The fourth-order valence-corrected chi connectivity index (χ4v) is 1.46. The molecule has 104 valence electrons. The van der Waals surface area contributed by atoms with Crippen LogP contribution >= 0.6 is 0 Å². The fraction of sp³-hybridized carbons (Fsp3) is 0.750. The van der Waals surface area contributed by atoms with E-state index >= 15 is 0 Å². The first kappa shape index (κ1) is 21.7. The van der Waals surface area contributed by atoms with E-state index < -0.39 is 0 Å². The smallest absolute Gasteiger partial charge is 0.0291 e. The van der Waals surface area contributed by atoms with E-state index in [1.54, 1.807) is 0 Å². The maximum atomic E-state index is 5.93. The molecule has 0 aromatic heterocycles. The molecule has 0 aromatic rings. The highest BCUT2D eigenvalue weighted by atomic mass is 14.6. The molecule has 1 aliphatic carbocycles. The van der Waals surface area contributed by atoms with Crippen LogP contribution in [0.1, 0.15) is 74.7 Å². The molecule has 0 bridgehead atoms. The maximum absolute atomic E-state index is 5.93. The quantitative estimate of drug-likeness (QED) is 0.681. The standard InChI is InChI=1S/C10H17N.3C2H6/c1-3-10(11)9-7-5-4-6-8(9)2;3*1-2/h5,7,10H,3-4,6,11H2,1-2H3;3*1-2H3. The minimum Gasteiger partial charge on any atom is -0.324 e. The van der Waals surface area contributed by atoms with Crippen LogP contribution in [0.5, 0.6) is 0 Å². The summed E-state index contributed by atoms with van der Waals surface area (Å²) in [4.78, 5) is 0. The molecule has 0 radical (unpaired) electrons. The zero-order valence-electron chi connectivity index (χ0n) is 13.4. The molecule has 1 rings (SSSR count). The van der Waals surface area contributed by atoms with Gasteiger partial charge in [0.2, 0.25) is 0 Å². The first-order chi connectivity index (χ1) is 8.25. The molecule has 0 heterocycles. The number of nitrogens with two attached hydrogens (primary N) is 1. The third kappa shape index (κ3) is 10.3. The van der Waals surface area contributed by atoms with E-state index in [9.17, 15) is 0 Å². The van der Waals surface area contributed by atoms with Crippen LogP contribution in [0.25, 0.3) is 0 Å². The molecule has 0 aliphatic heterocycles. The van der Waals surface area contributed by atoms with Crippen LogP contribution in [0.3, 0.4) is 0 Å². The predicted molar refractivity (Wildman–Crippen MR) is 83.4 cm³/mol. The Labute approximate surface area is 110 Å². The van der Waals surface area contributed by atoms with Gasteiger partial charge in [0.25, 0.3) is 0 Å². The number of hydrogen-bond donors (Lipinski definition) is 1. The van der Waals surface area contributed by atoms with Gasteiger partial charge in [0.15, 0.2) is 0 Å². The summed E-state index contributed by atoms with van der Waals surface area (Å²) in [6.07, 6.45) is 7.83. The van der Waals surface area contributed by atoms with E-state index in [1.165, 1.54) is 24.0 Å². The number of rotatable bonds is 2. The number of hydrogen-bond acceptors (Lipinski definition) is 1.